The molecule has 2 rings (SSSR count). The predicted octanol–water partition coefficient (Wildman–Crippen LogP) is 3.90. The molecule has 2 nitrogen and oxygen atoms in total. The molecule has 0 heterocycles. The van der Waals surface area contributed by atoms with Crippen molar-refractivity contribution in [1.82, 2.24) is 0 Å². The molecule has 19 heavy (non-hydrogen) atoms. The van der Waals surface area contributed by atoms with Crippen LogP contribution in [0.25, 0.3) is 0 Å². The Bertz CT molecular complexity index is 568. The van der Waals surface area contributed by atoms with Gasteiger partial charge >= 0.3 is 0 Å². The van der Waals surface area contributed by atoms with Crippen LogP contribution in [0.15, 0.2) is 42.5 Å². The van der Waals surface area contributed by atoms with Crippen molar-refractivity contribution in [2.45, 2.75) is 19.4 Å². The van der Waals surface area contributed by atoms with E-state index in [1.807, 2.05) is 49.4 Å². The first-order valence-electron chi connectivity index (χ1n) is 6.26. The Morgan fingerprint density at radius 1 is 1.16 bits per heavy atom. The zero-order chi connectivity index (χ0) is 13.8. The maximum Gasteiger partial charge on any atom is 0.122 e. The average Bonchev–Trinajstić information content (AvgIpc) is 2.42. The van der Waals surface area contributed by atoms with E-state index in [1.54, 1.807) is 7.11 Å². The van der Waals surface area contributed by atoms with E-state index in [9.17, 15) is 0 Å². The minimum absolute atomic E-state index is 0.0880. The molecule has 3 heteroatoms. The normalized spacial score (nSPS) is 12.2. The summed E-state index contributed by atoms with van der Waals surface area (Å²) in [6.07, 6.45) is 0.727. The maximum atomic E-state index is 6.31. The summed E-state index contributed by atoms with van der Waals surface area (Å²) in [5.74, 6) is 0.873. The van der Waals surface area contributed by atoms with Gasteiger partial charge in [0.1, 0.15) is 5.75 Å². The van der Waals surface area contributed by atoms with Gasteiger partial charge in [-0.3, -0.25) is 0 Å². The van der Waals surface area contributed by atoms with E-state index in [2.05, 4.69) is 0 Å². The number of para-hydroxylation sites is 1. The third kappa shape index (κ3) is 3.09. The molecule has 1 unspecified atom stereocenters. The molecule has 100 valence electrons. The molecule has 0 saturated heterocycles. The number of nitrogens with two attached hydrogens (primary N) is 1. The van der Waals surface area contributed by atoms with Gasteiger partial charge in [0, 0.05) is 11.1 Å². The molecular formula is C16H18ClNO. The lowest BCUT2D eigenvalue weighted by atomic mass is 9.96. The maximum absolute atomic E-state index is 6.31. The summed E-state index contributed by atoms with van der Waals surface area (Å²) >= 11 is 6.14. The van der Waals surface area contributed by atoms with Gasteiger partial charge < -0.3 is 10.5 Å². The monoisotopic (exact) mass is 275 g/mol. The third-order valence-electron chi connectivity index (χ3n) is 3.34. The van der Waals surface area contributed by atoms with Crippen LogP contribution in [0.1, 0.15) is 22.7 Å². The zero-order valence-electron chi connectivity index (χ0n) is 11.2. The summed E-state index contributed by atoms with van der Waals surface area (Å²) in [4.78, 5) is 0. The number of halogens is 1. The highest BCUT2D eigenvalue weighted by Gasteiger charge is 2.13. The minimum atomic E-state index is -0.0880. The molecule has 0 aromatic heterocycles. The Hall–Kier alpha value is -1.51. The van der Waals surface area contributed by atoms with Crippen molar-refractivity contribution in [2.75, 3.05) is 7.11 Å². The van der Waals surface area contributed by atoms with Crippen LogP contribution in [-0.2, 0) is 6.42 Å². The number of hydrogen-bond acceptors (Lipinski definition) is 2. The van der Waals surface area contributed by atoms with E-state index in [4.69, 9.17) is 22.1 Å². The number of rotatable bonds is 4. The summed E-state index contributed by atoms with van der Waals surface area (Å²) in [6.45, 7) is 2.00. The van der Waals surface area contributed by atoms with Crippen LogP contribution in [0, 0.1) is 6.92 Å². The van der Waals surface area contributed by atoms with E-state index in [-0.39, 0.29) is 6.04 Å². The summed E-state index contributed by atoms with van der Waals surface area (Å²) < 4.78 is 5.35. The van der Waals surface area contributed by atoms with Crippen molar-refractivity contribution in [3.63, 3.8) is 0 Å². The number of ether oxygens (including phenoxy) is 1. The molecule has 2 aromatic rings. The Morgan fingerprint density at radius 3 is 2.63 bits per heavy atom. The van der Waals surface area contributed by atoms with Crippen LogP contribution < -0.4 is 10.5 Å². The second-order valence-corrected chi connectivity index (χ2v) is 4.98. The van der Waals surface area contributed by atoms with E-state index in [1.165, 1.54) is 0 Å². The van der Waals surface area contributed by atoms with Gasteiger partial charge in [-0.1, -0.05) is 41.9 Å². The molecule has 0 spiro atoms. The van der Waals surface area contributed by atoms with Crippen LogP contribution in [0.3, 0.4) is 0 Å². The van der Waals surface area contributed by atoms with E-state index in [0.717, 1.165) is 33.9 Å². The van der Waals surface area contributed by atoms with Crippen LogP contribution in [-0.4, -0.2) is 7.11 Å². The Morgan fingerprint density at radius 2 is 1.89 bits per heavy atom. The second kappa shape index (κ2) is 6.09. The van der Waals surface area contributed by atoms with E-state index < -0.39 is 0 Å². The first kappa shape index (κ1) is 13.9. The van der Waals surface area contributed by atoms with E-state index in [0.29, 0.717) is 0 Å². The fraction of sp³-hybridized carbons (Fsp3) is 0.250. The van der Waals surface area contributed by atoms with E-state index >= 15 is 0 Å². The van der Waals surface area contributed by atoms with Crippen molar-refractivity contribution < 1.29 is 4.74 Å². The molecule has 2 aromatic carbocycles. The van der Waals surface area contributed by atoms with Crippen molar-refractivity contribution in [3.05, 3.63) is 64.2 Å². The molecule has 0 amide bonds. The van der Waals surface area contributed by atoms with Gasteiger partial charge in [0.25, 0.3) is 0 Å². The van der Waals surface area contributed by atoms with Gasteiger partial charge in [0.15, 0.2) is 0 Å². The molecule has 0 aliphatic rings. The molecule has 0 radical (unpaired) electrons. The average molecular weight is 276 g/mol. The summed E-state index contributed by atoms with van der Waals surface area (Å²) in [6, 6.07) is 13.7. The lowest BCUT2D eigenvalue weighted by Gasteiger charge is -2.17. The number of methoxy groups -OCH3 is 1. The van der Waals surface area contributed by atoms with Crippen LogP contribution in [0.5, 0.6) is 5.75 Å². The lowest BCUT2D eigenvalue weighted by molar-refractivity contribution is 0.408. The largest absolute Gasteiger partial charge is 0.496 e. The van der Waals surface area contributed by atoms with Crippen molar-refractivity contribution in [3.8, 4) is 5.75 Å². The minimum Gasteiger partial charge on any atom is -0.496 e. The van der Waals surface area contributed by atoms with Gasteiger partial charge in [-0.15, -0.1) is 0 Å². The van der Waals surface area contributed by atoms with Crippen molar-refractivity contribution >= 4 is 11.6 Å². The highest BCUT2D eigenvalue weighted by atomic mass is 35.5. The summed E-state index contributed by atoms with van der Waals surface area (Å²) in [5.41, 5.74) is 9.54. The molecule has 0 saturated carbocycles. The Balaban J connectivity index is 2.26. The Kier molecular flexibility index (Phi) is 4.46. The molecule has 2 N–H and O–H groups in total. The molecule has 0 aliphatic carbocycles. The quantitative estimate of drug-likeness (QED) is 0.918. The Labute approximate surface area is 119 Å². The summed E-state index contributed by atoms with van der Waals surface area (Å²) in [7, 11) is 1.68. The van der Waals surface area contributed by atoms with Crippen molar-refractivity contribution in [1.29, 1.82) is 0 Å². The first-order valence-corrected chi connectivity index (χ1v) is 6.63. The van der Waals surface area contributed by atoms with Gasteiger partial charge in [0.2, 0.25) is 0 Å². The van der Waals surface area contributed by atoms with Crippen molar-refractivity contribution in [2.24, 2.45) is 5.73 Å². The molecule has 0 aliphatic heterocycles. The molecular weight excluding hydrogens is 258 g/mol. The molecule has 0 fully saturated rings. The van der Waals surface area contributed by atoms with Gasteiger partial charge in [-0.2, -0.15) is 0 Å². The fourth-order valence-corrected chi connectivity index (χ4v) is 2.43. The van der Waals surface area contributed by atoms with Crippen LogP contribution in [0.4, 0.5) is 0 Å². The first-order chi connectivity index (χ1) is 9.13. The smallest absolute Gasteiger partial charge is 0.122 e. The number of hydrogen-bond donors (Lipinski definition) is 1. The predicted molar refractivity (Wildman–Crippen MR) is 79.8 cm³/mol. The standard InChI is InChI=1S/C16H18ClNO/c1-11-13(7-5-8-14(11)17)15(18)10-12-6-3-4-9-16(12)19-2/h3-9,15H,10,18H2,1-2H3. The highest BCUT2D eigenvalue weighted by molar-refractivity contribution is 6.31. The third-order valence-corrected chi connectivity index (χ3v) is 3.75. The van der Waals surface area contributed by atoms with Gasteiger partial charge in [0.05, 0.1) is 7.11 Å². The fourth-order valence-electron chi connectivity index (χ4n) is 2.24. The lowest BCUT2D eigenvalue weighted by Crippen LogP contribution is -2.15. The van der Waals surface area contributed by atoms with Crippen LogP contribution >= 0.6 is 11.6 Å². The highest BCUT2D eigenvalue weighted by Crippen LogP contribution is 2.27. The van der Waals surface area contributed by atoms with Gasteiger partial charge in [-0.05, 0) is 42.2 Å². The second-order valence-electron chi connectivity index (χ2n) is 4.58. The van der Waals surface area contributed by atoms with Crippen LogP contribution in [0.2, 0.25) is 5.02 Å². The number of benzene rings is 2. The van der Waals surface area contributed by atoms with Gasteiger partial charge in [-0.25, -0.2) is 0 Å². The summed E-state index contributed by atoms with van der Waals surface area (Å²) in [5, 5.41) is 0.757. The SMILES string of the molecule is COc1ccccc1CC(N)c1cccc(Cl)c1C. The molecule has 0 bridgehead atoms. The zero-order valence-corrected chi connectivity index (χ0v) is 11.9. The molecule has 1 atom stereocenters. The topological polar surface area (TPSA) is 35.2 Å².